The number of hydrogen-bond acceptors (Lipinski definition) is 7. The fourth-order valence-electron chi connectivity index (χ4n) is 3.98. The lowest BCUT2D eigenvalue weighted by Gasteiger charge is -2.22. The van der Waals surface area contributed by atoms with Gasteiger partial charge in [-0.15, -0.1) is 0 Å². The third-order valence-electron chi connectivity index (χ3n) is 5.59. The van der Waals surface area contributed by atoms with Crippen molar-refractivity contribution in [3.8, 4) is 23.0 Å². The number of benzene rings is 2. The van der Waals surface area contributed by atoms with Gasteiger partial charge in [0.2, 0.25) is 12.5 Å². The summed E-state index contributed by atoms with van der Waals surface area (Å²) in [6, 6.07) is 7.51. The smallest absolute Gasteiger partial charge is 0.231 e. The topological polar surface area (TPSA) is 66.5 Å². The summed E-state index contributed by atoms with van der Waals surface area (Å²) in [6.45, 7) is 5.20. The Balaban J connectivity index is 1.87. The van der Waals surface area contributed by atoms with Crippen LogP contribution in [0.15, 0.2) is 24.3 Å². The number of rotatable bonds is 11. The molecule has 0 saturated carbocycles. The number of methoxy groups -OCH3 is 2. The minimum atomic E-state index is -0.0613. The maximum atomic E-state index is 13.1. The standard InChI is InChI=1S/C25H33NO6/c1-16-11-18(7-8-21(16)30-14-28-5)20(27)12-17(2)23-19(9-10-26(3)4)13-22-24(25(23)29-6)32-15-31-22/h7-8,11,13,17H,9-10,12,14-15H2,1-6H3. The number of ketones is 1. The van der Waals surface area contributed by atoms with E-state index < -0.39 is 0 Å². The highest BCUT2D eigenvalue weighted by atomic mass is 16.7. The molecule has 0 aliphatic carbocycles. The zero-order valence-electron chi connectivity index (χ0n) is 19.8. The molecule has 174 valence electrons. The van der Waals surface area contributed by atoms with Crippen LogP contribution >= 0.6 is 0 Å². The number of carbonyl (C=O) groups excluding carboxylic acids is 1. The fourth-order valence-corrected chi connectivity index (χ4v) is 3.98. The highest BCUT2D eigenvalue weighted by Crippen LogP contribution is 2.48. The summed E-state index contributed by atoms with van der Waals surface area (Å²) in [5.74, 6) is 2.69. The van der Waals surface area contributed by atoms with Crippen molar-refractivity contribution in [1.29, 1.82) is 0 Å². The molecular formula is C25H33NO6. The van der Waals surface area contributed by atoms with Gasteiger partial charge in [0.25, 0.3) is 0 Å². The summed E-state index contributed by atoms with van der Waals surface area (Å²) in [5.41, 5.74) is 3.67. The van der Waals surface area contributed by atoms with Crippen molar-refractivity contribution < 1.29 is 28.5 Å². The van der Waals surface area contributed by atoms with Crippen LogP contribution in [0, 0.1) is 6.92 Å². The van der Waals surface area contributed by atoms with Crippen LogP contribution < -0.4 is 18.9 Å². The van der Waals surface area contributed by atoms with Crippen molar-refractivity contribution in [1.82, 2.24) is 4.90 Å². The molecule has 1 aliphatic heterocycles. The molecule has 1 heterocycles. The molecule has 1 unspecified atom stereocenters. The lowest BCUT2D eigenvalue weighted by Crippen LogP contribution is -2.17. The van der Waals surface area contributed by atoms with E-state index in [2.05, 4.69) is 11.8 Å². The molecule has 2 aromatic rings. The Bertz CT molecular complexity index is 956. The number of carbonyl (C=O) groups is 1. The van der Waals surface area contributed by atoms with Gasteiger partial charge in [-0.05, 0) is 68.8 Å². The van der Waals surface area contributed by atoms with E-state index in [0.717, 1.165) is 29.7 Å². The van der Waals surface area contributed by atoms with Crippen LogP contribution in [-0.2, 0) is 11.2 Å². The lowest BCUT2D eigenvalue weighted by molar-refractivity contribution is 0.0506. The van der Waals surface area contributed by atoms with Crippen molar-refractivity contribution in [3.63, 3.8) is 0 Å². The molecule has 7 nitrogen and oxygen atoms in total. The van der Waals surface area contributed by atoms with Gasteiger partial charge in [0.05, 0.1) is 7.11 Å². The largest absolute Gasteiger partial charge is 0.492 e. The molecule has 0 saturated heterocycles. The second-order valence-corrected chi connectivity index (χ2v) is 8.33. The van der Waals surface area contributed by atoms with Gasteiger partial charge in [-0.1, -0.05) is 6.92 Å². The van der Waals surface area contributed by atoms with Gasteiger partial charge in [-0.3, -0.25) is 4.79 Å². The molecule has 1 atom stereocenters. The van der Waals surface area contributed by atoms with Crippen molar-refractivity contribution in [2.45, 2.75) is 32.6 Å². The summed E-state index contributed by atoms with van der Waals surface area (Å²) < 4.78 is 27.5. The van der Waals surface area contributed by atoms with Crippen LogP contribution in [0.1, 0.15) is 46.3 Å². The Morgan fingerprint density at radius 3 is 2.62 bits per heavy atom. The second-order valence-electron chi connectivity index (χ2n) is 8.33. The molecular weight excluding hydrogens is 410 g/mol. The van der Waals surface area contributed by atoms with Gasteiger partial charge < -0.3 is 28.6 Å². The average Bonchev–Trinajstić information content (AvgIpc) is 3.23. The van der Waals surface area contributed by atoms with Gasteiger partial charge in [0, 0.05) is 31.2 Å². The van der Waals surface area contributed by atoms with Crippen LogP contribution in [0.25, 0.3) is 0 Å². The zero-order chi connectivity index (χ0) is 23.3. The minimum absolute atomic E-state index is 0.0613. The van der Waals surface area contributed by atoms with E-state index in [1.807, 2.05) is 39.2 Å². The average molecular weight is 444 g/mol. The van der Waals surface area contributed by atoms with Crippen molar-refractivity contribution in [2.75, 3.05) is 48.4 Å². The predicted molar refractivity (Wildman–Crippen MR) is 122 cm³/mol. The van der Waals surface area contributed by atoms with Crippen molar-refractivity contribution >= 4 is 5.78 Å². The number of ether oxygens (including phenoxy) is 5. The van der Waals surface area contributed by atoms with E-state index in [-0.39, 0.29) is 25.3 Å². The number of likely N-dealkylation sites (N-methyl/N-ethyl adjacent to an activating group) is 1. The van der Waals surface area contributed by atoms with E-state index in [4.69, 9.17) is 23.7 Å². The monoisotopic (exact) mass is 443 g/mol. The van der Waals surface area contributed by atoms with Gasteiger partial charge in [-0.2, -0.15) is 0 Å². The summed E-state index contributed by atoms with van der Waals surface area (Å²) in [5, 5.41) is 0. The van der Waals surface area contributed by atoms with Crippen LogP contribution in [0.3, 0.4) is 0 Å². The van der Waals surface area contributed by atoms with Gasteiger partial charge in [0.1, 0.15) is 5.75 Å². The predicted octanol–water partition coefficient (Wildman–Crippen LogP) is 4.20. The van der Waals surface area contributed by atoms with Crippen LogP contribution in [0.5, 0.6) is 23.0 Å². The lowest BCUT2D eigenvalue weighted by atomic mass is 9.87. The molecule has 0 aromatic heterocycles. The molecule has 32 heavy (non-hydrogen) atoms. The Hall–Kier alpha value is -2.77. The highest BCUT2D eigenvalue weighted by molar-refractivity contribution is 5.97. The third kappa shape index (κ3) is 5.34. The maximum Gasteiger partial charge on any atom is 0.231 e. The van der Waals surface area contributed by atoms with E-state index in [0.29, 0.717) is 35.0 Å². The first-order valence-corrected chi connectivity index (χ1v) is 10.7. The van der Waals surface area contributed by atoms with E-state index in [1.54, 1.807) is 20.3 Å². The normalized spacial score (nSPS) is 13.3. The fraction of sp³-hybridized carbons (Fsp3) is 0.480. The molecule has 7 heteroatoms. The summed E-state index contributed by atoms with van der Waals surface area (Å²) in [7, 11) is 7.29. The number of fused-ring (bicyclic) bond motifs is 1. The minimum Gasteiger partial charge on any atom is -0.492 e. The molecule has 0 fully saturated rings. The van der Waals surface area contributed by atoms with Crippen LogP contribution in [0.4, 0.5) is 0 Å². The van der Waals surface area contributed by atoms with Gasteiger partial charge in [-0.25, -0.2) is 0 Å². The molecule has 2 aromatic carbocycles. The van der Waals surface area contributed by atoms with E-state index in [1.165, 1.54) is 0 Å². The Kier molecular flexibility index (Phi) is 7.99. The SMILES string of the molecule is COCOc1ccc(C(=O)CC(C)c2c(CCN(C)C)cc3c(c2OC)OCO3)cc1C. The molecule has 0 N–H and O–H groups in total. The summed E-state index contributed by atoms with van der Waals surface area (Å²) in [6.07, 6.45) is 1.17. The quantitative estimate of drug-likeness (QED) is 0.381. The number of aryl methyl sites for hydroxylation is 1. The number of Topliss-reactive ketones (excluding diaryl/α,β-unsaturated/α-hetero) is 1. The Labute approximate surface area is 190 Å². The molecule has 0 spiro atoms. The first kappa shape index (κ1) is 23.9. The maximum absolute atomic E-state index is 13.1. The third-order valence-corrected chi connectivity index (χ3v) is 5.59. The van der Waals surface area contributed by atoms with Crippen molar-refractivity contribution in [3.05, 3.63) is 46.5 Å². The van der Waals surface area contributed by atoms with E-state index >= 15 is 0 Å². The summed E-state index contributed by atoms with van der Waals surface area (Å²) in [4.78, 5) is 15.3. The van der Waals surface area contributed by atoms with Gasteiger partial charge >= 0.3 is 0 Å². The Morgan fingerprint density at radius 2 is 1.97 bits per heavy atom. The van der Waals surface area contributed by atoms with Crippen LogP contribution in [0.2, 0.25) is 0 Å². The first-order valence-electron chi connectivity index (χ1n) is 10.7. The van der Waals surface area contributed by atoms with Crippen molar-refractivity contribution in [2.24, 2.45) is 0 Å². The molecule has 0 bridgehead atoms. The second kappa shape index (κ2) is 10.7. The summed E-state index contributed by atoms with van der Waals surface area (Å²) >= 11 is 0. The molecule has 1 aliphatic rings. The van der Waals surface area contributed by atoms with Crippen LogP contribution in [-0.4, -0.2) is 59.1 Å². The first-order chi connectivity index (χ1) is 15.3. The molecule has 0 radical (unpaired) electrons. The number of hydrogen-bond donors (Lipinski definition) is 0. The highest BCUT2D eigenvalue weighted by Gasteiger charge is 2.29. The number of nitrogens with zero attached hydrogens (tertiary/aromatic N) is 1. The zero-order valence-corrected chi connectivity index (χ0v) is 19.8. The van der Waals surface area contributed by atoms with Gasteiger partial charge in [0.15, 0.2) is 24.1 Å². The molecule has 0 amide bonds. The molecule has 3 rings (SSSR count). The Morgan fingerprint density at radius 1 is 1.19 bits per heavy atom. The van der Waals surface area contributed by atoms with E-state index in [9.17, 15) is 4.79 Å².